The first-order valence-electron chi connectivity index (χ1n) is 10.8. The van der Waals surface area contributed by atoms with Gasteiger partial charge in [-0.1, -0.05) is 526 Å². The van der Waals surface area contributed by atoms with Crippen molar-refractivity contribution in [1.29, 1.82) is 0 Å². The van der Waals surface area contributed by atoms with Gasteiger partial charge in [0.15, 0.2) is 5.38 Å². The number of halogens is 35. The van der Waals surface area contributed by atoms with Crippen LogP contribution in [0.5, 0.6) is 0 Å². The van der Waals surface area contributed by atoms with Gasteiger partial charge >= 0.3 is 0 Å². The summed E-state index contributed by atoms with van der Waals surface area (Å²) in [6.07, 6.45) is 0. The molecule has 0 saturated heterocycles. The minimum Gasteiger partial charge on any atom is -0.368 e. The highest BCUT2D eigenvalue weighted by atomic mass is 80.0. The normalized spacial score (nSPS) is 17.4. The zero-order chi connectivity index (χ0) is 44.5. The minimum absolute atomic E-state index is 0.912. The maximum Gasteiger partial charge on any atom is 0.202 e. The second kappa shape index (κ2) is 22.4. The predicted octanol–water partition coefficient (Wildman–Crippen LogP) is 25.6. The smallest absolute Gasteiger partial charge is 0.202 e. The molecule has 36 heteroatoms. The van der Waals surface area contributed by atoms with Gasteiger partial charge in [-0.3, -0.25) is 0 Å². The summed E-state index contributed by atoms with van der Waals surface area (Å²) in [4.78, 5) is 0. The lowest BCUT2D eigenvalue weighted by atomic mass is 10.0. The number of aliphatic hydroxyl groups is 1. The van der Waals surface area contributed by atoms with Crippen LogP contribution in [-0.4, -0.2) is 59.2 Å². The van der Waals surface area contributed by atoms with E-state index in [1.54, 1.807) is 0 Å². The molecule has 0 aromatic heterocycles. The zero-order valence-electron chi connectivity index (χ0n) is 22.2. The Morgan fingerprint density at radius 1 is 0.151 bits per heavy atom. The summed E-state index contributed by atoms with van der Waals surface area (Å²) < 4.78 is -22.1. The molecule has 0 aliphatic heterocycles. The summed E-state index contributed by atoms with van der Waals surface area (Å²) in [5.74, 6) is 0. The van der Waals surface area contributed by atoms with Crippen LogP contribution in [0.15, 0.2) is 0 Å². The van der Waals surface area contributed by atoms with Crippen LogP contribution in [-0.2, 0) is 0 Å². The van der Waals surface area contributed by atoms with Gasteiger partial charge in [0.1, 0.15) is 45.3 Å². The zero-order valence-corrected chi connectivity index (χ0v) is 77.7. The molecule has 0 radical (unpaired) electrons. The van der Waals surface area contributed by atoms with Gasteiger partial charge in [0.05, 0.1) is 0 Å². The van der Waals surface area contributed by atoms with Crippen molar-refractivity contribution in [3.05, 3.63) is 0 Å². The molecule has 0 heterocycles. The van der Waals surface area contributed by atoms with E-state index in [0.717, 1.165) is 0 Å². The summed E-state index contributed by atoms with van der Waals surface area (Å²) in [7, 11) is 0. The van der Waals surface area contributed by atoms with Gasteiger partial charge in [0.2, 0.25) is 3.42 Å². The molecule has 53 heavy (non-hydrogen) atoms. The van der Waals surface area contributed by atoms with Gasteiger partial charge in [-0.05, 0) is 31.9 Å². The molecular formula is C17HBr35O. The third-order valence-corrected chi connectivity index (χ3v) is 80.0. The first-order valence-corrected chi connectivity index (χ1v) is 38.6. The Morgan fingerprint density at radius 2 is 0.245 bits per heavy atom. The Balaban J connectivity index is 7.78. The van der Waals surface area contributed by atoms with Crippen molar-refractivity contribution in [2.24, 2.45) is 0 Å². The standard InChI is InChI=1S/C17HBr35O/c18-1(19,2(20,21)4(24,25)6(28,29)8(32,33)10(36,37)12(40,41)14(44,45)16(48,49)50)3(22,23)5(26,27)7(30,31)9(34,35)11(38,39)13(42,43)15(46,47)17(51,52)53/h53H. The highest BCUT2D eigenvalue weighted by molar-refractivity contribution is 9.43. The van der Waals surface area contributed by atoms with Crippen LogP contribution in [0.2, 0.25) is 0 Å². The van der Waals surface area contributed by atoms with Crippen molar-refractivity contribution in [2.75, 3.05) is 0 Å². The van der Waals surface area contributed by atoms with Crippen LogP contribution in [0.1, 0.15) is 0 Å². The molecule has 0 saturated carbocycles. The molecule has 0 atom stereocenters. The van der Waals surface area contributed by atoms with E-state index in [9.17, 15) is 5.11 Å². The molecule has 0 fully saturated rings. The Morgan fingerprint density at radius 3 is 0.340 bits per heavy atom. The largest absolute Gasteiger partial charge is 0.368 e. The molecule has 0 aromatic carbocycles. The molecule has 0 amide bonds. The molecule has 0 rings (SSSR count). The predicted molar refractivity (Wildman–Crippen MR) is 361 cm³/mol. The third-order valence-electron chi connectivity index (χ3n) is 6.25. The van der Waals surface area contributed by atoms with Gasteiger partial charge in [0.25, 0.3) is 0 Å². The second-order valence-electron chi connectivity index (χ2n) is 9.65. The maximum absolute atomic E-state index is 11.0. The fourth-order valence-electron chi connectivity index (χ4n) is 2.93. The van der Waals surface area contributed by atoms with Gasteiger partial charge in [-0.25, -0.2) is 0 Å². The van der Waals surface area contributed by atoms with Crippen molar-refractivity contribution in [1.82, 2.24) is 0 Å². The topological polar surface area (TPSA) is 20.2 Å². The van der Waals surface area contributed by atoms with Crippen LogP contribution in [0.25, 0.3) is 0 Å². The fraction of sp³-hybridized carbons (Fsp3) is 1.00. The lowest BCUT2D eigenvalue weighted by molar-refractivity contribution is 0.228. The molecule has 320 valence electrons. The van der Waals surface area contributed by atoms with Crippen molar-refractivity contribution in [2.45, 2.75) is 54.1 Å². The molecule has 0 unspecified atom stereocenters. The van der Waals surface area contributed by atoms with E-state index < -0.39 is 54.1 Å². The van der Waals surface area contributed by atoms with Gasteiger partial charge in [-0.2, -0.15) is 0 Å². The summed E-state index contributed by atoms with van der Waals surface area (Å²) in [5.41, 5.74) is 0. The second-order valence-corrected chi connectivity index (χ2v) is 71.4. The Labute approximate surface area is 601 Å². The quantitative estimate of drug-likeness (QED) is 0.162. The fourth-order valence-corrected chi connectivity index (χ4v) is 37.5. The molecule has 0 bridgehead atoms. The number of rotatable bonds is 15. The molecule has 0 spiro atoms. The Kier molecular flexibility index (Phi) is 29.5. The van der Waals surface area contributed by atoms with E-state index in [1.807, 2.05) is 0 Å². The molecule has 0 aliphatic carbocycles. The average molecular weight is 3020 g/mol. The third kappa shape index (κ3) is 11.9. The van der Waals surface area contributed by atoms with E-state index in [4.69, 9.17) is 0 Å². The van der Waals surface area contributed by atoms with E-state index in [-0.39, 0.29) is 0 Å². The van der Waals surface area contributed by atoms with Crippen molar-refractivity contribution < 1.29 is 5.11 Å². The number of hydrogen-bond acceptors (Lipinski definition) is 1. The maximum atomic E-state index is 11.0. The van der Waals surface area contributed by atoms with Crippen LogP contribution in [0.4, 0.5) is 0 Å². The van der Waals surface area contributed by atoms with Gasteiger partial charge in [0, 0.05) is 0 Å². The van der Waals surface area contributed by atoms with E-state index in [1.165, 1.54) is 0 Å². The van der Waals surface area contributed by atoms with Crippen LogP contribution >= 0.6 is 558 Å². The van der Waals surface area contributed by atoms with E-state index in [0.29, 0.717) is 0 Å². The van der Waals surface area contributed by atoms with Crippen molar-refractivity contribution in [3.8, 4) is 0 Å². The first-order chi connectivity index (χ1) is 22.0. The Bertz CT molecular complexity index is 1240. The summed E-state index contributed by atoms with van der Waals surface area (Å²) >= 11 is 135. The molecule has 0 aliphatic rings. The van der Waals surface area contributed by atoms with Crippen molar-refractivity contribution in [3.63, 3.8) is 0 Å². The summed E-state index contributed by atoms with van der Waals surface area (Å²) in [5, 5.41) is 11.0. The first kappa shape index (κ1) is 69.8. The van der Waals surface area contributed by atoms with Crippen molar-refractivity contribution >= 4 is 558 Å². The van der Waals surface area contributed by atoms with Crippen LogP contribution < -0.4 is 0 Å². The summed E-state index contributed by atoms with van der Waals surface area (Å²) in [6, 6.07) is 0. The Hall–Kier alpha value is 16.8. The van der Waals surface area contributed by atoms with Crippen LogP contribution in [0, 0.1) is 0 Å². The summed E-state index contributed by atoms with van der Waals surface area (Å²) in [6.45, 7) is 0. The highest BCUT2D eigenvalue weighted by Gasteiger charge is 2.84. The van der Waals surface area contributed by atoms with E-state index >= 15 is 0 Å². The monoisotopic (exact) mass is 2980 g/mol. The lowest BCUT2D eigenvalue weighted by Gasteiger charge is -2.62. The van der Waals surface area contributed by atoms with Gasteiger partial charge < -0.3 is 5.11 Å². The molecule has 1 N–H and O–H groups in total. The molecule has 0 aromatic rings. The number of alkyl halides is 35. The molecular weight excluding hydrogens is 3020 g/mol. The lowest BCUT2D eigenvalue weighted by Crippen LogP contribution is -2.73. The molecule has 1 nitrogen and oxygen atoms in total. The number of hydrogen-bond donors (Lipinski definition) is 1. The highest BCUT2D eigenvalue weighted by Crippen LogP contribution is 2.83. The van der Waals surface area contributed by atoms with Gasteiger partial charge in [-0.15, -0.1) is 0 Å². The SMILES string of the molecule is OC(Br)(Br)C(Br)(Br)C(Br)(Br)C(Br)(Br)C(Br)(Br)C(Br)(Br)C(Br)(Br)C(Br)(Br)C(Br)(Br)C(Br)(Br)C(Br)(Br)C(Br)(Br)C(Br)(Br)C(Br)(Br)C(Br)(Br)C(Br)(Br)C(Br)(Br)Br. The minimum atomic E-state index is -1.71. The van der Waals surface area contributed by atoms with E-state index in [2.05, 4.69) is 558 Å². The van der Waals surface area contributed by atoms with Crippen LogP contribution in [0.3, 0.4) is 0 Å². The average Bonchev–Trinajstić information content (AvgIpc) is 2.89.